The van der Waals surface area contributed by atoms with E-state index in [1.54, 1.807) is 6.42 Å². The molecule has 0 saturated carbocycles. The molecule has 3 unspecified atom stereocenters. The fourth-order valence-corrected chi connectivity index (χ4v) is 5.25. The van der Waals surface area contributed by atoms with Crippen LogP contribution in [-0.4, -0.2) is 48.1 Å². The topological polar surface area (TPSA) is 6.48 Å². The van der Waals surface area contributed by atoms with Crippen molar-refractivity contribution in [3.63, 3.8) is 0 Å². The standard InChI is InChI=1S/C15H26N2.HI/c1-3-7-16-11-13-9-12(14(16)5-1)10-17-8-4-2-6-15(13)17;/h12-15H,1-11H2;1H/t12?,13?,14-,15?;/m1./s1. The minimum atomic E-state index is 0. The summed E-state index contributed by atoms with van der Waals surface area (Å²) in [5, 5.41) is 0. The van der Waals surface area contributed by atoms with Crippen molar-refractivity contribution in [1.29, 1.82) is 0 Å². The van der Waals surface area contributed by atoms with E-state index in [0.29, 0.717) is 0 Å². The van der Waals surface area contributed by atoms with Gasteiger partial charge in [0.15, 0.2) is 0 Å². The summed E-state index contributed by atoms with van der Waals surface area (Å²) in [5.74, 6) is 2.03. The Kier molecular flexibility index (Phi) is 4.21. The summed E-state index contributed by atoms with van der Waals surface area (Å²) < 4.78 is 0. The van der Waals surface area contributed by atoms with Gasteiger partial charge in [0.2, 0.25) is 0 Å². The molecule has 4 aliphatic rings. The Balaban J connectivity index is 0.000001000. The molecule has 4 aliphatic heterocycles. The summed E-state index contributed by atoms with van der Waals surface area (Å²) >= 11 is 0. The van der Waals surface area contributed by atoms with Gasteiger partial charge in [-0.05, 0) is 57.0 Å². The molecular formula is C15H27IN2. The van der Waals surface area contributed by atoms with E-state index < -0.39 is 0 Å². The van der Waals surface area contributed by atoms with Crippen molar-refractivity contribution in [3.8, 4) is 0 Å². The maximum atomic E-state index is 2.87. The second-order valence-corrected chi connectivity index (χ2v) is 6.87. The molecule has 4 atom stereocenters. The van der Waals surface area contributed by atoms with Crippen molar-refractivity contribution < 1.29 is 0 Å². The van der Waals surface area contributed by atoms with Crippen molar-refractivity contribution in [2.75, 3.05) is 26.2 Å². The van der Waals surface area contributed by atoms with Gasteiger partial charge in [-0.25, -0.2) is 0 Å². The van der Waals surface area contributed by atoms with Gasteiger partial charge in [0.25, 0.3) is 0 Å². The van der Waals surface area contributed by atoms with Gasteiger partial charge >= 0.3 is 0 Å². The lowest BCUT2D eigenvalue weighted by atomic mass is 9.71. The predicted octanol–water partition coefficient (Wildman–Crippen LogP) is 2.96. The lowest BCUT2D eigenvalue weighted by Gasteiger charge is -2.57. The van der Waals surface area contributed by atoms with Crippen LogP contribution in [0.1, 0.15) is 44.9 Å². The molecule has 0 radical (unpaired) electrons. The van der Waals surface area contributed by atoms with Crippen LogP contribution in [0.25, 0.3) is 0 Å². The average molecular weight is 362 g/mol. The smallest absolute Gasteiger partial charge is 0.0136 e. The summed E-state index contributed by atoms with van der Waals surface area (Å²) in [6, 6.07) is 1.92. The van der Waals surface area contributed by atoms with Crippen molar-refractivity contribution in [2.24, 2.45) is 11.8 Å². The van der Waals surface area contributed by atoms with Gasteiger partial charge in [-0.15, -0.1) is 24.0 Å². The number of nitrogens with zero attached hydrogens (tertiary/aromatic N) is 2. The third-order valence-corrected chi connectivity index (χ3v) is 5.96. The largest absolute Gasteiger partial charge is 0.300 e. The summed E-state index contributed by atoms with van der Waals surface area (Å²) in [7, 11) is 0. The highest BCUT2D eigenvalue weighted by Crippen LogP contribution is 2.42. The minimum Gasteiger partial charge on any atom is -0.300 e. The molecule has 0 aromatic rings. The van der Waals surface area contributed by atoms with E-state index in [0.717, 1.165) is 23.9 Å². The fraction of sp³-hybridized carbons (Fsp3) is 1.00. The summed E-state index contributed by atoms with van der Waals surface area (Å²) in [5.41, 5.74) is 0. The molecule has 0 amide bonds. The van der Waals surface area contributed by atoms with E-state index in [1.165, 1.54) is 64.7 Å². The van der Waals surface area contributed by atoms with Crippen molar-refractivity contribution in [1.82, 2.24) is 9.80 Å². The van der Waals surface area contributed by atoms with Gasteiger partial charge in [0.1, 0.15) is 0 Å². The van der Waals surface area contributed by atoms with E-state index >= 15 is 0 Å². The van der Waals surface area contributed by atoms with Crippen LogP contribution in [0.4, 0.5) is 0 Å². The lowest BCUT2D eigenvalue weighted by Crippen LogP contribution is -2.63. The van der Waals surface area contributed by atoms with Gasteiger partial charge in [-0.2, -0.15) is 0 Å². The zero-order valence-corrected chi connectivity index (χ0v) is 13.7. The highest BCUT2D eigenvalue weighted by Gasteiger charge is 2.46. The maximum absolute atomic E-state index is 2.87. The molecule has 4 heterocycles. The SMILES string of the molecule is C1CCN2CC3CC(CN4CCCC[C@H]34)C2C1.I. The van der Waals surface area contributed by atoms with Gasteiger partial charge in [0.05, 0.1) is 0 Å². The highest BCUT2D eigenvalue weighted by molar-refractivity contribution is 14.0. The van der Waals surface area contributed by atoms with E-state index in [1.807, 2.05) is 0 Å². The lowest BCUT2D eigenvalue weighted by molar-refractivity contribution is -0.0718. The first-order chi connectivity index (χ1) is 8.42. The Morgan fingerprint density at radius 3 is 1.67 bits per heavy atom. The molecule has 2 bridgehead atoms. The number of fused-ring (bicyclic) bond motifs is 6. The molecule has 4 rings (SSSR count). The summed E-state index contributed by atoms with van der Waals surface area (Å²) in [4.78, 5) is 5.74. The molecule has 0 spiro atoms. The Morgan fingerprint density at radius 2 is 1.17 bits per heavy atom. The van der Waals surface area contributed by atoms with Crippen LogP contribution in [0.15, 0.2) is 0 Å². The first-order valence-electron chi connectivity index (χ1n) is 7.90. The van der Waals surface area contributed by atoms with E-state index in [4.69, 9.17) is 0 Å². The molecule has 4 fully saturated rings. The quantitative estimate of drug-likeness (QED) is 0.612. The van der Waals surface area contributed by atoms with Crippen LogP contribution in [-0.2, 0) is 0 Å². The number of halogens is 1. The second kappa shape index (κ2) is 5.57. The number of hydrogen-bond acceptors (Lipinski definition) is 2. The van der Waals surface area contributed by atoms with Crippen LogP contribution in [0.3, 0.4) is 0 Å². The monoisotopic (exact) mass is 362 g/mol. The van der Waals surface area contributed by atoms with Crippen LogP contribution in [0.2, 0.25) is 0 Å². The molecule has 3 heteroatoms. The summed E-state index contributed by atoms with van der Waals surface area (Å²) in [6.07, 6.45) is 10.5. The third-order valence-electron chi connectivity index (χ3n) is 5.96. The molecule has 0 aromatic heterocycles. The van der Waals surface area contributed by atoms with Crippen LogP contribution >= 0.6 is 24.0 Å². The zero-order chi connectivity index (χ0) is 11.2. The molecule has 0 aliphatic carbocycles. The average Bonchev–Trinajstić information content (AvgIpc) is 2.39. The first kappa shape index (κ1) is 13.6. The molecule has 2 nitrogen and oxygen atoms in total. The number of rotatable bonds is 0. The van der Waals surface area contributed by atoms with E-state index in [2.05, 4.69) is 9.80 Å². The molecule has 0 aromatic carbocycles. The zero-order valence-electron chi connectivity index (χ0n) is 11.4. The molecule has 18 heavy (non-hydrogen) atoms. The van der Waals surface area contributed by atoms with Gasteiger partial charge in [-0.1, -0.05) is 12.8 Å². The first-order valence-corrected chi connectivity index (χ1v) is 7.90. The maximum Gasteiger partial charge on any atom is 0.0136 e. The van der Waals surface area contributed by atoms with Crippen LogP contribution in [0.5, 0.6) is 0 Å². The van der Waals surface area contributed by atoms with Crippen molar-refractivity contribution in [3.05, 3.63) is 0 Å². The van der Waals surface area contributed by atoms with Gasteiger partial charge in [0, 0.05) is 25.2 Å². The van der Waals surface area contributed by atoms with Gasteiger partial charge in [-0.3, -0.25) is 9.80 Å². The predicted molar refractivity (Wildman–Crippen MR) is 85.4 cm³/mol. The fourth-order valence-electron chi connectivity index (χ4n) is 5.25. The van der Waals surface area contributed by atoms with Crippen LogP contribution < -0.4 is 0 Å². The van der Waals surface area contributed by atoms with E-state index in [-0.39, 0.29) is 24.0 Å². The Morgan fingerprint density at radius 1 is 0.667 bits per heavy atom. The van der Waals surface area contributed by atoms with Gasteiger partial charge < -0.3 is 0 Å². The number of piperidine rings is 4. The van der Waals surface area contributed by atoms with Crippen molar-refractivity contribution >= 4 is 24.0 Å². The Labute approximate surface area is 128 Å². The Bertz CT molecular complexity index is 268. The van der Waals surface area contributed by atoms with Crippen molar-refractivity contribution in [2.45, 2.75) is 57.0 Å². The third kappa shape index (κ3) is 2.24. The molecular weight excluding hydrogens is 335 g/mol. The van der Waals surface area contributed by atoms with Crippen LogP contribution in [0, 0.1) is 11.8 Å². The second-order valence-electron chi connectivity index (χ2n) is 6.87. The Hall–Kier alpha value is 0.650. The number of hydrogen-bond donors (Lipinski definition) is 0. The summed E-state index contributed by atoms with van der Waals surface area (Å²) in [6.45, 7) is 5.68. The van der Waals surface area contributed by atoms with E-state index in [9.17, 15) is 0 Å². The normalized spacial score (nSPS) is 44.7. The highest BCUT2D eigenvalue weighted by atomic mass is 127. The minimum absolute atomic E-state index is 0. The molecule has 0 N–H and O–H groups in total. The molecule has 104 valence electrons. The molecule has 4 saturated heterocycles.